The van der Waals surface area contributed by atoms with Crippen molar-refractivity contribution in [2.24, 2.45) is 23.5 Å². The molecule has 1 aliphatic rings. The van der Waals surface area contributed by atoms with Crippen LogP contribution in [0.4, 0.5) is 0 Å². The Bertz CT molecular complexity index is 538. The van der Waals surface area contributed by atoms with Crippen molar-refractivity contribution in [3.05, 3.63) is 29.8 Å². The summed E-state index contributed by atoms with van der Waals surface area (Å²) in [6.07, 6.45) is 11.7. The second kappa shape index (κ2) is 11.8. The lowest BCUT2D eigenvalue weighted by Crippen LogP contribution is -2.44. The molecule has 0 aromatic heterocycles. The molecule has 1 aliphatic carbocycles. The predicted molar refractivity (Wildman–Crippen MR) is 119 cm³/mol. The Labute approximate surface area is 173 Å². The molecule has 0 spiro atoms. The standard InChI is InChI=1S/C25H43NO2/c1-20(2)6-4-7-21(3)8-5-17-28-24-13-11-22(12-14-24)15-16-25(26,19-27)18-23-9-10-23/h11-14,20-21,23,27H,4-10,15-19,26H2,1-3H3/t21?,25-/m0/s1. The molecule has 0 aliphatic heterocycles. The third-order valence-electron chi connectivity index (χ3n) is 6.13. The normalized spacial score (nSPS) is 17.5. The van der Waals surface area contributed by atoms with E-state index in [-0.39, 0.29) is 6.61 Å². The van der Waals surface area contributed by atoms with Gasteiger partial charge < -0.3 is 15.6 Å². The fraction of sp³-hybridized carbons (Fsp3) is 0.760. The number of ether oxygens (including phenoxy) is 1. The highest BCUT2D eigenvalue weighted by Gasteiger charge is 2.33. The topological polar surface area (TPSA) is 55.5 Å². The van der Waals surface area contributed by atoms with Crippen molar-refractivity contribution in [3.63, 3.8) is 0 Å². The Hall–Kier alpha value is -1.06. The Balaban J connectivity index is 1.61. The number of hydrogen-bond acceptors (Lipinski definition) is 3. The number of nitrogens with two attached hydrogens (primary N) is 1. The molecule has 1 aromatic carbocycles. The van der Waals surface area contributed by atoms with Crippen molar-refractivity contribution in [2.45, 2.75) is 90.5 Å². The SMILES string of the molecule is CC(C)CCCC(C)CCCOc1ccc(CC[C@@](N)(CO)CC2CC2)cc1. The summed E-state index contributed by atoms with van der Waals surface area (Å²) in [5.41, 5.74) is 7.25. The summed E-state index contributed by atoms with van der Waals surface area (Å²) in [4.78, 5) is 0. The molecule has 1 saturated carbocycles. The van der Waals surface area contributed by atoms with Crippen LogP contribution in [0.15, 0.2) is 24.3 Å². The molecule has 1 aromatic rings. The van der Waals surface area contributed by atoms with Crippen molar-refractivity contribution in [3.8, 4) is 5.75 Å². The predicted octanol–water partition coefficient (Wildman–Crippen LogP) is 5.73. The van der Waals surface area contributed by atoms with E-state index in [1.165, 1.54) is 44.1 Å². The third kappa shape index (κ3) is 9.43. The van der Waals surface area contributed by atoms with Crippen LogP contribution in [0.2, 0.25) is 0 Å². The van der Waals surface area contributed by atoms with Crippen LogP contribution in [0.1, 0.15) is 84.1 Å². The minimum atomic E-state index is -0.414. The van der Waals surface area contributed by atoms with E-state index in [0.717, 1.165) is 55.8 Å². The van der Waals surface area contributed by atoms with Crippen LogP contribution in [-0.4, -0.2) is 23.9 Å². The van der Waals surface area contributed by atoms with Crippen LogP contribution in [0.25, 0.3) is 0 Å². The smallest absolute Gasteiger partial charge is 0.119 e. The first-order chi connectivity index (χ1) is 13.4. The van der Waals surface area contributed by atoms with E-state index in [9.17, 15) is 5.11 Å². The van der Waals surface area contributed by atoms with Gasteiger partial charge >= 0.3 is 0 Å². The van der Waals surface area contributed by atoms with E-state index >= 15 is 0 Å². The van der Waals surface area contributed by atoms with Crippen LogP contribution in [-0.2, 0) is 6.42 Å². The summed E-state index contributed by atoms with van der Waals surface area (Å²) in [7, 11) is 0. The van der Waals surface area contributed by atoms with Crippen LogP contribution in [0.3, 0.4) is 0 Å². The average Bonchev–Trinajstić information content (AvgIpc) is 3.48. The van der Waals surface area contributed by atoms with Crippen LogP contribution in [0.5, 0.6) is 5.75 Å². The molecule has 0 bridgehead atoms. The molecule has 3 heteroatoms. The first-order valence-corrected chi connectivity index (χ1v) is 11.5. The molecule has 0 heterocycles. The Morgan fingerprint density at radius 1 is 1.07 bits per heavy atom. The van der Waals surface area contributed by atoms with Gasteiger partial charge in [-0.1, -0.05) is 65.0 Å². The zero-order chi connectivity index (χ0) is 20.4. The summed E-state index contributed by atoms with van der Waals surface area (Å²) in [5, 5.41) is 9.67. The molecule has 2 atom stereocenters. The van der Waals surface area contributed by atoms with Crippen molar-refractivity contribution in [1.82, 2.24) is 0 Å². The molecule has 3 nitrogen and oxygen atoms in total. The monoisotopic (exact) mass is 389 g/mol. The molecule has 0 amide bonds. The van der Waals surface area contributed by atoms with Crippen LogP contribution in [0, 0.1) is 17.8 Å². The molecular formula is C25H43NO2. The third-order valence-corrected chi connectivity index (χ3v) is 6.13. The number of hydrogen-bond donors (Lipinski definition) is 2. The fourth-order valence-electron chi connectivity index (χ4n) is 3.93. The van der Waals surface area contributed by atoms with Gasteiger partial charge in [-0.25, -0.2) is 0 Å². The number of benzene rings is 1. The molecule has 2 rings (SSSR count). The summed E-state index contributed by atoms with van der Waals surface area (Å²) in [6.45, 7) is 7.85. The second-order valence-electron chi connectivity index (χ2n) is 9.73. The maximum atomic E-state index is 9.67. The summed E-state index contributed by atoms with van der Waals surface area (Å²) in [5.74, 6) is 3.31. The minimum Gasteiger partial charge on any atom is -0.494 e. The van der Waals surface area contributed by atoms with E-state index < -0.39 is 5.54 Å². The zero-order valence-corrected chi connectivity index (χ0v) is 18.5. The Kier molecular flexibility index (Phi) is 9.81. The first-order valence-electron chi connectivity index (χ1n) is 11.5. The van der Waals surface area contributed by atoms with Gasteiger partial charge in [0.25, 0.3) is 0 Å². The highest BCUT2D eigenvalue weighted by molar-refractivity contribution is 5.27. The second-order valence-corrected chi connectivity index (χ2v) is 9.73. The highest BCUT2D eigenvalue weighted by atomic mass is 16.5. The van der Waals surface area contributed by atoms with Crippen molar-refractivity contribution in [1.29, 1.82) is 0 Å². The van der Waals surface area contributed by atoms with Crippen molar-refractivity contribution < 1.29 is 9.84 Å². The largest absolute Gasteiger partial charge is 0.494 e. The molecule has 0 radical (unpaired) electrons. The molecule has 3 N–H and O–H groups in total. The summed E-state index contributed by atoms with van der Waals surface area (Å²) < 4.78 is 5.92. The van der Waals surface area contributed by atoms with Gasteiger partial charge in [-0.15, -0.1) is 0 Å². The van der Waals surface area contributed by atoms with Gasteiger partial charge in [0.05, 0.1) is 13.2 Å². The molecule has 0 saturated heterocycles. The van der Waals surface area contributed by atoms with Gasteiger partial charge in [-0.3, -0.25) is 0 Å². The van der Waals surface area contributed by atoms with Crippen molar-refractivity contribution >= 4 is 0 Å². The zero-order valence-electron chi connectivity index (χ0n) is 18.5. The average molecular weight is 390 g/mol. The quantitative estimate of drug-likeness (QED) is 0.377. The maximum Gasteiger partial charge on any atom is 0.119 e. The lowest BCUT2D eigenvalue weighted by atomic mass is 9.88. The molecule has 28 heavy (non-hydrogen) atoms. The molecule has 1 fully saturated rings. The summed E-state index contributed by atoms with van der Waals surface area (Å²) >= 11 is 0. The molecular weight excluding hydrogens is 346 g/mol. The van der Waals surface area contributed by atoms with Gasteiger partial charge in [0.15, 0.2) is 0 Å². The van der Waals surface area contributed by atoms with Crippen LogP contribution < -0.4 is 10.5 Å². The maximum absolute atomic E-state index is 9.67. The van der Waals surface area contributed by atoms with E-state index in [0.29, 0.717) is 0 Å². The molecule has 160 valence electrons. The summed E-state index contributed by atoms with van der Waals surface area (Å²) in [6, 6.07) is 8.41. The van der Waals surface area contributed by atoms with Gasteiger partial charge in [0, 0.05) is 5.54 Å². The van der Waals surface area contributed by atoms with E-state index in [2.05, 4.69) is 45.0 Å². The minimum absolute atomic E-state index is 0.0839. The van der Waals surface area contributed by atoms with Crippen LogP contribution >= 0.6 is 0 Å². The molecule has 1 unspecified atom stereocenters. The van der Waals surface area contributed by atoms with E-state index in [1.807, 2.05) is 0 Å². The Morgan fingerprint density at radius 3 is 2.36 bits per heavy atom. The number of rotatable bonds is 15. The first kappa shape index (κ1) is 23.2. The fourth-order valence-corrected chi connectivity index (χ4v) is 3.93. The van der Waals surface area contributed by atoms with Crippen molar-refractivity contribution in [2.75, 3.05) is 13.2 Å². The Morgan fingerprint density at radius 2 is 1.75 bits per heavy atom. The lowest BCUT2D eigenvalue weighted by molar-refractivity contribution is 0.172. The van der Waals surface area contributed by atoms with Gasteiger partial charge in [-0.2, -0.15) is 0 Å². The lowest BCUT2D eigenvalue weighted by Gasteiger charge is -2.27. The van der Waals surface area contributed by atoms with E-state index in [1.54, 1.807) is 0 Å². The van der Waals surface area contributed by atoms with Gasteiger partial charge in [0.2, 0.25) is 0 Å². The van der Waals surface area contributed by atoms with Gasteiger partial charge in [0.1, 0.15) is 5.75 Å². The highest BCUT2D eigenvalue weighted by Crippen LogP contribution is 2.37. The van der Waals surface area contributed by atoms with Gasteiger partial charge in [-0.05, 0) is 67.6 Å². The van der Waals surface area contributed by atoms with E-state index in [4.69, 9.17) is 10.5 Å². The number of aryl methyl sites for hydroxylation is 1. The number of aliphatic hydroxyl groups excluding tert-OH is 1. The number of aliphatic hydroxyl groups is 1.